The van der Waals surface area contributed by atoms with Crippen molar-refractivity contribution in [3.8, 4) is 5.75 Å². The van der Waals surface area contributed by atoms with Gasteiger partial charge in [-0.2, -0.15) is 0 Å². The van der Waals surface area contributed by atoms with E-state index in [2.05, 4.69) is 0 Å². The standard InChI is InChI=1S/C21H16O5.K.H2P/c22-17(14-5-2-1-3-6-14)7-4-11-25-21-15-8-9-20(23)26-19(15)13-18-16(21)10-12-24-18;;/h1-3,5-6,8-10,12-13H,4,7,11H2;;1H2/q;+1;-1. The Morgan fingerprint density at radius 1 is 0.964 bits per heavy atom. The Kier molecular flexibility index (Phi) is 8.62. The number of benzene rings is 2. The number of Topliss-reactive ketones (excluding diaryl/α,β-unsaturated/α-hetero) is 1. The molecule has 28 heavy (non-hydrogen) atoms. The van der Waals surface area contributed by atoms with Gasteiger partial charge in [-0.25, -0.2) is 4.79 Å². The Morgan fingerprint density at radius 3 is 2.50 bits per heavy atom. The van der Waals surface area contributed by atoms with Crippen molar-refractivity contribution < 1.29 is 69.8 Å². The molecule has 2 heterocycles. The molecule has 138 valence electrons. The van der Waals surface area contributed by atoms with Gasteiger partial charge in [-0.05, 0) is 18.6 Å². The first-order chi connectivity index (χ1) is 12.7. The summed E-state index contributed by atoms with van der Waals surface area (Å²) in [5, 5.41) is 1.51. The van der Waals surface area contributed by atoms with E-state index in [1.807, 2.05) is 36.4 Å². The topological polar surface area (TPSA) is 69.7 Å². The van der Waals surface area contributed by atoms with Crippen LogP contribution in [0.1, 0.15) is 23.2 Å². The van der Waals surface area contributed by atoms with E-state index in [9.17, 15) is 9.59 Å². The van der Waals surface area contributed by atoms with Crippen molar-refractivity contribution in [1.82, 2.24) is 0 Å². The molecular weight excluding hydrogens is 402 g/mol. The molecule has 4 aromatic rings. The predicted molar refractivity (Wildman–Crippen MR) is 107 cm³/mol. The fourth-order valence-electron chi connectivity index (χ4n) is 2.94. The second kappa shape index (κ2) is 10.5. The zero-order chi connectivity index (χ0) is 17.9. The van der Waals surface area contributed by atoms with E-state index in [1.165, 1.54) is 6.07 Å². The molecule has 0 N–H and O–H groups in total. The Labute approximate surface area is 207 Å². The molecule has 0 bridgehead atoms. The molecule has 0 saturated heterocycles. The number of ether oxygens (including phenoxy) is 1. The quantitative estimate of drug-likeness (QED) is 0.157. The van der Waals surface area contributed by atoms with Crippen molar-refractivity contribution in [3.05, 3.63) is 76.8 Å². The summed E-state index contributed by atoms with van der Waals surface area (Å²) in [5.41, 5.74) is 1.27. The average molecular weight is 420 g/mol. The van der Waals surface area contributed by atoms with Gasteiger partial charge in [0, 0.05) is 24.1 Å². The summed E-state index contributed by atoms with van der Waals surface area (Å²) in [6.07, 6.45) is 2.55. The van der Waals surface area contributed by atoms with E-state index in [0.29, 0.717) is 47.3 Å². The second-order valence-corrected chi connectivity index (χ2v) is 5.95. The molecule has 2 aromatic carbocycles. The van der Waals surface area contributed by atoms with Crippen LogP contribution in [0.3, 0.4) is 0 Å². The van der Waals surface area contributed by atoms with Gasteiger partial charge in [0.1, 0.15) is 16.9 Å². The van der Waals surface area contributed by atoms with Crippen LogP contribution in [0.25, 0.3) is 21.9 Å². The van der Waals surface area contributed by atoms with Crippen molar-refractivity contribution in [1.29, 1.82) is 0 Å². The van der Waals surface area contributed by atoms with Crippen LogP contribution in [0.5, 0.6) is 5.75 Å². The predicted octanol–water partition coefficient (Wildman–Crippen LogP) is 1.91. The first kappa shape index (κ1) is 23.0. The zero-order valence-electron chi connectivity index (χ0n) is 15.5. The van der Waals surface area contributed by atoms with Crippen LogP contribution in [0.2, 0.25) is 0 Å². The maximum atomic E-state index is 12.2. The fraction of sp³-hybridized carbons (Fsp3) is 0.143. The van der Waals surface area contributed by atoms with E-state index >= 15 is 0 Å². The molecule has 4 rings (SSSR count). The summed E-state index contributed by atoms with van der Waals surface area (Å²) < 4.78 is 16.6. The van der Waals surface area contributed by atoms with Crippen LogP contribution in [0.4, 0.5) is 0 Å². The first-order valence-electron chi connectivity index (χ1n) is 8.37. The molecule has 0 amide bonds. The number of rotatable bonds is 6. The minimum atomic E-state index is -0.428. The second-order valence-electron chi connectivity index (χ2n) is 5.95. The third-order valence-electron chi connectivity index (χ3n) is 4.20. The molecule has 0 aliphatic rings. The average Bonchev–Trinajstić information content (AvgIpc) is 3.12. The number of carbonyl (C=O) groups is 1. The number of furan rings is 1. The van der Waals surface area contributed by atoms with Crippen LogP contribution < -0.4 is 61.7 Å². The molecule has 0 saturated carbocycles. The largest absolute Gasteiger partial charge is 1.00 e. The summed E-state index contributed by atoms with van der Waals surface area (Å²) in [4.78, 5) is 23.6. The van der Waals surface area contributed by atoms with Crippen LogP contribution >= 0.6 is 9.90 Å². The third kappa shape index (κ3) is 5.01. The number of hydrogen-bond acceptors (Lipinski definition) is 5. The molecule has 0 aliphatic carbocycles. The summed E-state index contributed by atoms with van der Waals surface area (Å²) in [6, 6.07) is 15.7. The third-order valence-corrected chi connectivity index (χ3v) is 4.20. The Bertz CT molecular complexity index is 1130. The fourth-order valence-corrected chi connectivity index (χ4v) is 2.94. The summed E-state index contributed by atoms with van der Waals surface area (Å²) >= 11 is 0. The van der Waals surface area contributed by atoms with Gasteiger partial charge in [0.25, 0.3) is 0 Å². The van der Waals surface area contributed by atoms with Gasteiger partial charge in [0.2, 0.25) is 0 Å². The van der Waals surface area contributed by atoms with E-state index in [4.69, 9.17) is 13.6 Å². The van der Waals surface area contributed by atoms with Gasteiger partial charge in [0.05, 0.1) is 23.6 Å². The first-order valence-corrected chi connectivity index (χ1v) is 8.37. The summed E-state index contributed by atoms with van der Waals surface area (Å²) in [6.45, 7) is 0.372. The van der Waals surface area contributed by atoms with Gasteiger partial charge in [-0.15, -0.1) is 0 Å². The van der Waals surface area contributed by atoms with Gasteiger partial charge in [0.15, 0.2) is 5.78 Å². The molecule has 0 fully saturated rings. The number of fused-ring (bicyclic) bond motifs is 2. The Balaban J connectivity index is 0.00000140. The summed E-state index contributed by atoms with van der Waals surface area (Å²) in [5.74, 6) is 0.689. The molecule has 0 aliphatic heterocycles. The molecule has 2 aromatic heterocycles. The molecule has 0 unspecified atom stereocenters. The van der Waals surface area contributed by atoms with Crippen molar-refractivity contribution in [2.24, 2.45) is 0 Å². The smallest absolute Gasteiger partial charge is 0.577 e. The van der Waals surface area contributed by atoms with E-state index in [-0.39, 0.29) is 67.1 Å². The number of carbonyl (C=O) groups excluding carboxylic acids is 1. The molecule has 7 heteroatoms. The van der Waals surface area contributed by atoms with Gasteiger partial charge in [-0.3, -0.25) is 4.79 Å². The number of ketones is 1. The minimum Gasteiger partial charge on any atom is -0.577 e. The van der Waals surface area contributed by atoms with Crippen LogP contribution in [-0.2, 0) is 0 Å². The van der Waals surface area contributed by atoms with Gasteiger partial charge < -0.3 is 23.5 Å². The minimum absolute atomic E-state index is 0. The molecule has 0 spiro atoms. The molecular formula is C21H18KO5P. The van der Waals surface area contributed by atoms with Crippen LogP contribution in [0.15, 0.2) is 74.5 Å². The zero-order valence-corrected chi connectivity index (χ0v) is 19.8. The van der Waals surface area contributed by atoms with Gasteiger partial charge >= 0.3 is 57.0 Å². The Hall–Kier alpha value is -1.27. The van der Waals surface area contributed by atoms with Crippen LogP contribution in [0, 0.1) is 0 Å². The summed E-state index contributed by atoms with van der Waals surface area (Å²) in [7, 11) is 0. The maximum Gasteiger partial charge on any atom is 1.00 e. The van der Waals surface area contributed by atoms with E-state index in [1.54, 1.807) is 18.4 Å². The molecule has 0 atom stereocenters. The van der Waals surface area contributed by atoms with Crippen molar-refractivity contribution in [2.75, 3.05) is 6.61 Å². The van der Waals surface area contributed by atoms with Crippen molar-refractivity contribution >= 4 is 37.6 Å². The molecule has 5 nitrogen and oxygen atoms in total. The van der Waals surface area contributed by atoms with Crippen molar-refractivity contribution in [3.63, 3.8) is 0 Å². The monoisotopic (exact) mass is 420 g/mol. The Morgan fingerprint density at radius 2 is 1.71 bits per heavy atom. The van der Waals surface area contributed by atoms with Gasteiger partial charge in [-0.1, -0.05) is 30.3 Å². The van der Waals surface area contributed by atoms with Crippen molar-refractivity contribution in [2.45, 2.75) is 12.8 Å². The van der Waals surface area contributed by atoms with Crippen LogP contribution in [-0.4, -0.2) is 12.4 Å². The number of hydrogen-bond donors (Lipinski definition) is 0. The van der Waals surface area contributed by atoms with E-state index in [0.717, 1.165) is 5.39 Å². The maximum absolute atomic E-state index is 12.2. The SMILES string of the molecule is O=C(CCCOc1c2ccoc2cc2oc(=O)ccc12)c1ccccc1.[K+].[PH2-]. The van der Waals surface area contributed by atoms with E-state index < -0.39 is 5.63 Å². The normalized spacial score (nSPS) is 10.3. The molecule has 0 radical (unpaired) electrons.